The zero-order valence-electron chi connectivity index (χ0n) is 32.5. The van der Waals surface area contributed by atoms with Crippen LogP contribution in [0.2, 0.25) is 0 Å². The number of nitrogens with two attached hydrogens (primary N) is 1. The number of ether oxygens (including phenoxy) is 2. The van der Waals surface area contributed by atoms with Crippen molar-refractivity contribution < 1.29 is 47.8 Å². The third-order valence-corrected chi connectivity index (χ3v) is 10.1. The monoisotopic (exact) mass is 751 g/mol. The number of aliphatic hydroxyl groups is 2. The maximum absolute atomic E-state index is 12.5. The van der Waals surface area contributed by atoms with E-state index in [9.17, 15) is 29.3 Å². The van der Waals surface area contributed by atoms with Crippen LogP contribution in [-0.4, -0.2) is 66.8 Å². The van der Waals surface area contributed by atoms with Gasteiger partial charge in [-0.05, 0) is 25.7 Å². The fourth-order valence-corrected chi connectivity index (χ4v) is 6.71. The summed E-state index contributed by atoms with van der Waals surface area (Å²) in [5.74, 6) is -0.961. The van der Waals surface area contributed by atoms with Gasteiger partial charge in [0.25, 0.3) is 7.82 Å². The molecule has 0 aliphatic heterocycles. The first-order valence-corrected chi connectivity index (χ1v) is 22.1. The molecule has 0 bridgehead atoms. The van der Waals surface area contributed by atoms with Gasteiger partial charge in [-0.2, -0.15) is 0 Å². The normalized spacial score (nSPS) is 14.5. The fourth-order valence-electron chi connectivity index (χ4n) is 5.95. The first-order chi connectivity index (χ1) is 24.6. The summed E-state index contributed by atoms with van der Waals surface area (Å²) in [6.07, 6.45) is 25.5. The van der Waals surface area contributed by atoms with Crippen molar-refractivity contribution in [3.63, 3.8) is 0 Å². The van der Waals surface area contributed by atoms with Gasteiger partial charge < -0.3 is 39.4 Å². The van der Waals surface area contributed by atoms with Gasteiger partial charge >= 0.3 is 11.9 Å². The van der Waals surface area contributed by atoms with Crippen LogP contribution in [0.4, 0.5) is 0 Å². The molecule has 0 saturated carbocycles. The SMILES string of the molecule is CCCCCCCCCCCCCCCC(=O)OC[C@H](COP(=O)([O-])OCCN)OC(=O)CCCCCCCC(O)C(O)CCCCCCCC. The second-order valence-corrected chi connectivity index (χ2v) is 15.6. The van der Waals surface area contributed by atoms with E-state index in [0.29, 0.717) is 25.7 Å². The van der Waals surface area contributed by atoms with E-state index in [0.717, 1.165) is 57.8 Å². The Morgan fingerprint density at radius 3 is 1.41 bits per heavy atom. The lowest BCUT2D eigenvalue weighted by atomic mass is 9.99. The number of carbonyl (C=O) groups excluding carboxylic acids is 2. The second-order valence-electron chi connectivity index (χ2n) is 14.1. The van der Waals surface area contributed by atoms with Gasteiger partial charge in [0, 0.05) is 19.4 Å². The van der Waals surface area contributed by atoms with E-state index >= 15 is 0 Å². The van der Waals surface area contributed by atoms with Gasteiger partial charge in [0.1, 0.15) is 6.61 Å². The summed E-state index contributed by atoms with van der Waals surface area (Å²) in [6.45, 7) is 3.33. The summed E-state index contributed by atoms with van der Waals surface area (Å²) in [7, 11) is -4.65. The Morgan fingerprint density at radius 1 is 0.588 bits per heavy atom. The lowest BCUT2D eigenvalue weighted by molar-refractivity contribution is -0.228. The van der Waals surface area contributed by atoms with Crippen LogP contribution in [0.15, 0.2) is 0 Å². The minimum Gasteiger partial charge on any atom is -0.756 e. The molecule has 11 nitrogen and oxygen atoms in total. The van der Waals surface area contributed by atoms with Crippen LogP contribution >= 0.6 is 7.82 Å². The Kier molecular flexibility index (Phi) is 35.2. The van der Waals surface area contributed by atoms with Crippen LogP contribution in [0.3, 0.4) is 0 Å². The summed E-state index contributed by atoms with van der Waals surface area (Å²) in [4.78, 5) is 36.9. The molecule has 3 unspecified atom stereocenters. The van der Waals surface area contributed by atoms with Gasteiger partial charge in [-0.3, -0.25) is 14.2 Å². The smallest absolute Gasteiger partial charge is 0.306 e. The van der Waals surface area contributed by atoms with Gasteiger partial charge in [0.2, 0.25) is 0 Å². The number of hydrogen-bond donors (Lipinski definition) is 3. The average Bonchev–Trinajstić information content (AvgIpc) is 3.11. The van der Waals surface area contributed by atoms with Crippen LogP contribution in [0.25, 0.3) is 0 Å². The maximum atomic E-state index is 12.5. The number of aliphatic hydroxyl groups excluding tert-OH is 2. The molecule has 0 fully saturated rings. The van der Waals surface area contributed by atoms with Crippen molar-refractivity contribution in [2.24, 2.45) is 5.73 Å². The molecule has 0 aliphatic carbocycles. The Labute approximate surface area is 311 Å². The van der Waals surface area contributed by atoms with E-state index in [1.54, 1.807) is 0 Å². The first-order valence-electron chi connectivity index (χ1n) is 20.7. The minimum absolute atomic E-state index is 0.00734. The predicted molar refractivity (Wildman–Crippen MR) is 202 cm³/mol. The fraction of sp³-hybridized carbons (Fsp3) is 0.949. The number of carbonyl (C=O) groups is 2. The molecular weight excluding hydrogens is 673 g/mol. The molecule has 4 atom stereocenters. The summed E-state index contributed by atoms with van der Waals surface area (Å²) in [6, 6.07) is 0. The molecule has 0 heterocycles. The van der Waals surface area contributed by atoms with E-state index in [-0.39, 0.29) is 32.6 Å². The highest BCUT2D eigenvalue weighted by molar-refractivity contribution is 7.45. The van der Waals surface area contributed by atoms with Gasteiger partial charge in [0.05, 0.1) is 25.4 Å². The lowest BCUT2D eigenvalue weighted by Gasteiger charge is -2.25. The van der Waals surface area contributed by atoms with Crippen molar-refractivity contribution in [1.82, 2.24) is 0 Å². The van der Waals surface area contributed by atoms with Crippen molar-refractivity contribution in [3.8, 4) is 0 Å². The number of unbranched alkanes of at least 4 members (excludes halogenated alkanes) is 21. The Bertz CT molecular complexity index is 849. The van der Waals surface area contributed by atoms with E-state index in [2.05, 4.69) is 18.4 Å². The molecule has 12 heteroatoms. The van der Waals surface area contributed by atoms with Crippen LogP contribution in [0, 0.1) is 0 Å². The largest absolute Gasteiger partial charge is 0.756 e. The van der Waals surface area contributed by atoms with Gasteiger partial charge in [-0.1, -0.05) is 155 Å². The summed E-state index contributed by atoms with van der Waals surface area (Å²) < 4.78 is 32.2. The van der Waals surface area contributed by atoms with Crippen molar-refractivity contribution >= 4 is 19.8 Å². The average molecular weight is 751 g/mol. The summed E-state index contributed by atoms with van der Waals surface area (Å²) >= 11 is 0. The van der Waals surface area contributed by atoms with Crippen LogP contribution in [-0.2, 0) is 32.7 Å². The number of esters is 2. The van der Waals surface area contributed by atoms with E-state index in [1.807, 2.05) is 0 Å². The number of rotatable bonds is 39. The molecule has 51 heavy (non-hydrogen) atoms. The number of phosphoric ester groups is 1. The lowest BCUT2D eigenvalue weighted by Crippen LogP contribution is -2.30. The zero-order valence-corrected chi connectivity index (χ0v) is 33.4. The minimum atomic E-state index is -4.65. The Balaban J connectivity index is 4.28. The van der Waals surface area contributed by atoms with Crippen molar-refractivity contribution in [2.45, 2.75) is 212 Å². The standard InChI is InChI=1S/C39H78NO10P/c1-3-5-7-9-11-12-13-14-15-16-17-21-25-29-38(43)47-33-35(34-49-51(45,46)48-32-31-40)50-39(44)30-26-22-18-20-24-28-37(42)36(41)27-23-19-10-8-6-4-2/h35-37,41-42H,3-34,40H2,1-2H3,(H,45,46)/p-1/t35-,36?,37?/m1/s1. The molecule has 0 aliphatic rings. The van der Waals surface area contributed by atoms with E-state index in [1.165, 1.54) is 83.5 Å². The molecule has 0 aromatic carbocycles. The second kappa shape index (κ2) is 35.9. The van der Waals surface area contributed by atoms with Gasteiger partial charge in [-0.15, -0.1) is 0 Å². The number of phosphoric acid groups is 1. The Morgan fingerprint density at radius 2 is 0.980 bits per heavy atom. The molecule has 0 aromatic rings. The van der Waals surface area contributed by atoms with Crippen molar-refractivity contribution in [1.29, 1.82) is 0 Å². The first kappa shape index (κ1) is 49.9. The predicted octanol–water partition coefficient (Wildman–Crippen LogP) is 8.59. The third-order valence-electron chi connectivity index (χ3n) is 9.18. The quantitative estimate of drug-likeness (QED) is 0.0311. The van der Waals surface area contributed by atoms with Crippen LogP contribution < -0.4 is 10.6 Å². The third kappa shape index (κ3) is 34.4. The van der Waals surface area contributed by atoms with Crippen LogP contribution in [0.1, 0.15) is 194 Å². The van der Waals surface area contributed by atoms with Gasteiger partial charge in [-0.25, -0.2) is 0 Å². The van der Waals surface area contributed by atoms with Crippen molar-refractivity contribution in [3.05, 3.63) is 0 Å². The van der Waals surface area contributed by atoms with E-state index in [4.69, 9.17) is 19.7 Å². The molecule has 0 saturated heterocycles. The zero-order chi connectivity index (χ0) is 37.8. The molecule has 4 N–H and O–H groups in total. The van der Waals surface area contributed by atoms with Crippen molar-refractivity contribution in [2.75, 3.05) is 26.4 Å². The summed E-state index contributed by atoms with van der Waals surface area (Å²) in [5.41, 5.74) is 5.30. The summed E-state index contributed by atoms with van der Waals surface area (Å²) in [5, 5.41) is 20.5. The molecule has 0 aromatic heterocycles. The maximum Gasteiger partial charge on any atom is 0.306 e. The molecule has 0 spiro atoms. The topological polar surface area (TPSA) is 178 Å². The Hall–Kier alpha value is -1.07. The highest BCUT2D eigenvalue weighted by Crippen LogP contribution is 2.38. The van der Waals surface area contributed by atoms with Gasteiger partial charge in [0.15, 0.2) is 6.10 Å². The highest BCUT2D eigenvalue weighted by Gasteiger charge is 2.21. The molecule has 0 rings (SSSR count). The molecule has 304 valence electrons. The highest BCUT2D eigenvalue weighted by atomic mass is 31.2. The molecule has 0 amide bonds. The van der Waals surface area contributed by atoms with Crippen LogP contribution in [0.5, 0.6) is 0 Å². The molecular formula is C39H77NO10P-. The van der Waals surface area contributed by atoms with E-state index < -0.39 is 44.7 Å². The number of hydrogen-bond acceptors (Lipinski definition) is 11. The molecule has 0 radical (unpaired) electrons.